The summed E-state index contributed by atoms with van der Waals surface area (Å²) in [5, 5.41) is 7.22. The van der Waals surface area contributed by atoms with Crippen LogP contribution in [-0.2, 0) is 17.9 Å². The highest BCUT2D eigenvalue weighted by molar-refractivity contribution is 7.18. The van der Waals surface area contributed by atoms with Gasteiger partial charge in [-0.3, -0.25) is 4.79 Å². The number of alkyl halides is 2. The molecule has 0 bridgehead atoms. The molecule has 40 heavy (non-hydrogen) atoms. The molecule has 9 nitrogen and oxygen atoms in total. The molecule has 0 unspecified atom stereocenters. The summed E-state index contributed by atoms with van der Waals surface area (Å²) >= 11 is 1.35. The summed E-state index contributed by atoms with van der Waals surface area (Å²) in [6.07, 6.45) is 2.80. The van der Waals surface area contributed by atoms with Gasteiger partial charge < -0.3 is 15.4 Å². The van der Waals surface area contributed by atoms with E-state index in [4.69, 9.17) is 20.4 Å². The van der Waals surface area contributed by atoms with Gasteiger partial charge in [0.1, 0.15) is 28.9 Å². The van der Waals surface area contributed by atoms with E-state index in [1.165, 1.54) is 29.5 Å². The standard InChI is InChI=1S/C27H20F3N7O2S/c1-2-21(38)36-8-9-37-20(13-36)33-26(35-37)24-22(16-4-3-15(28)12-18(16)39-27(29)30)25-17(6-10-40-25)23(34-24)14-5-7-32-19(31)11-14/h2-7,10-12,27H,1,8-9,13H2,(H2,31,32). The minimum absolute atomic E-state index is 0.202. The van der Waals surface area contributed by atoms with Crippen LogP contribution in [0.1, 0.15) is 5.82 Å². The topological polar surface area (TPSA) is 112 Å². The van der Waals surface area contributed by atoms with Crippen LogP contribution in [0.25, 0.3) is 44.0 Å². The first-order valence-electron chi connectivity index (χ1n) is 12.1. The number of carbonyl (C=O) groups is 1. The largest absolute Gasteiger partial charge is 0.434 e. The van der Waals surface area contributed by atoms with Crippen LogP contribution in [0, 0.1) is 5.82 Å². The van der Waals surface area contributed by atoms with E-state index in [2.05, 4.69) is 16.7 Å². The van der Waals surface area contributed by atoms with Crippen LogP contribution in [0.15, 0.2) is 60.6 Å². The van der Waals surface area contributed by atoms with E-state index in [-0.39, 0.29) is 35.3 Å². The Balaban J connectivity index is 1.62. The van der Waals surface area contributed by atoms with Gasteiger partial charge in [-0.25, -0.2) is 24.0 Å². The van der Waals surface area contributed by atoms with Gasteiger partial charge in [-0.2, -0.15) is 8.78 Å². The maximum atomic E-state index is 14.2. The Hall–Kier alpha value is -4.78. The Kier molecular flexibility index (Phi) is 6.42. The van der Waals surface area contributed by atoms with E-state index in [1.807, 2.05) is 11.4 Å². The molecule has 5 heterocycles. The number of nitrogen functional groups attached to an aromatic ring is 1. The van der Waals surface area contributed by atoms with E-state index in [9.17, 15) is 18.0 Å². The normalized spacial score (nSPS) is 13.1. The maximum absolute atomic E-state index is 14.2. The molecule has 1 aromatic carbocycles. The van der Waals surface area contributed by atoms with Crippen molar-refractivity contribution in [2.75, 3.05) is 12.3 Å². The van der Waals surface area contributed by atoms with Gasteiger partial charge in [-0.15, -0.1) is 16.4 Å². The summed E-state index contributed by atoms with van der Waals surface area (Å²) in [5.41, 5.74) is 8.07. The van der Waals surface area contributed by atoms with Crippen molar-refractivity contribution in [3.63, 3.8) is 0 Å². The Morgan fingerprint density at radius 3 is 2.77 bits per heavy atom. The lowest BCUT2D eigenvalue weighted by Gasteiger charge is -2.25. The van der Waals surface area contributed by atoms with Gasteiger partial charge >= 0.3 is 6.61 Å². The third-order valence-electron chi connectivity index (χ3n) is 6.45. The fourth-order valence-corrected chi connectivity index (χ4v) is 5.66. The second-order valence-corrected chi connectivity index (χ2v) is 9.79. The molecule has 0 aliphatic carbocycles. The molecule has 1 aliphatic heterocycles. The molecule has 0 saturated carbocycles. The second kappa shape index (κ2) is 10.1. The third kappa shape index (κ3) is 4.53. The monoisotopic (exact) mass is 563 g/mol. The fraction of sp³-hybridized carbons (Fsp3) is 0.148. The van der Waals surface area contributed by atoms with Gasteiger partial charge in [-0.05, 0) is 41.8 Å². The number of amides is 1. The number of halogens is 3. The number of nitrogens with zero attached hydrogens (tertiary/aromatic N) is 6. The van der Waals surface area contributed by atoms with Crippen LogP contribution in [0.2, 0.25) is 0 Å². The fourth-order valence-electron chi connectivity index (χ4n) is 4.70. The summed E-state index contributed by atoms with van der Waals surface area (Å²) in [6, 6.07) is 8.74. The summed E-state index contributed by atoms with van der Waals surface area (Å²) in [6.45, 7) is 1.38. The summed E-state index contributed by atoms with van der Waals surface area (Å²) in [4.78, 5) is 27.5. The molecular formula is C27H20F3N7O2S. The minimum Gasteiger partial charge on any atom is -0.434 e. The third-order valence-corrected chi connectivity index (χ3v) is 7.38. The second-order valence-electron chi connectivity index (χ2n) is 8.87. The Labute approximate surface area is 229 Å². The smallest absolute Gasteiger partial charge is 0.387 e. The average Bonchev–Trinajstić information content (AvgIpc) is 3.59. The van der Waals surface area contributed by atoms with E-state index in [0.29, 0.717) is 51.6 Å². The first-order chi connectivity index (χ1) is 19.3. The molecule has 1 aliphatic rings. The van der Waals surface area contributed by atoms with Crippen molar-refractivity contribution in [3.8, 4) is 39.7 Å². The van der Waals surface area contributed by atoms with Gasteiger partial charge in [0.25, 0.3) is 0 Å². The van der Waals surface area contributed by atoms with Crippen molar-refractivity contribution in [3.05, 3.63) is 72.3 Å². The van der Waals surface area contributed by atoms with Crippen LogP contribution >= 0.6 is 11.3 Å². The average molecular weight is 564 g/mol. The van der Waals surface area contributed by atoms with E-state index < -0.39 is 12.4 Å². The predicted octanol–water partition coefficient (Wildman–Crippen LogP) is 5.13. The highest BCUT2D eigenvalue weighted by Crippen LogP contribution is 2.45. The number of pyridine rings is 2. The number of thiophene rings is 1. The van der Waals surface area contributed by atoms with Crippen LogP contribution in [-0.4, -0.2) is 48.7 Å². The maximum Gasteiger partial charge on any atom is 0.387 e. The molecule has 13 heteroatoms. The molecule has 0 spiro atoms. The lowest BCUT2D eigenvalue weighted by molar-refractivity contribution is -0.127. The number of rotatable bonds is 6. The highest BCUT2D eigenvalue weighted by Gasteiger charge is 2.28. The predicted molar refractivity (Wildman–Crippen MR) is 144 cm³/mol. The molecule has 202 valence electrons. The van der Waals surface area contributed by atoms with Crippen molar-refractivity contribution >= 4 is 33.1 Å². The summed E-state index contributed by atoms with van der Waals surface area (Å²) in [5.74, 6) is -0.283. The molecule has 4 aromatic heterocycles. The SMILES string of the molecule is C=CC(=O)N1CCn2nc(-c3nc(-c4ccnc(N)c4)c4ccsc4c3-c3ccc(F)cc3OC(F)F)nc2C1. The zero-order valence-corrected chi connectivity index (χ0v) is 21.5. The van der Waals surface area contributed by atoms with Gasteiger partial charge in [0.2, 0.25) is 11.7 Å². The number of hydrogen-bond acceptors (Lipinski definition) is 8. The molecule has 0 fully saturated rings. The Morgan fingerprint density at radius 1 is 1.15 bits per heavy atom. The Morgan fingerprint density at radius 2 is 2.00 bits per heavy atom. The van der Waals surface area contributed by atoms with Crippen LogP contribution in [0.3, 0.4) is 0 Å². The quantitative estimate of drug-likeness (QED) is 0.285. The molecule has 1 amide bonds. The number of anilines is 1. The zero-order chi connectivity index (χ0) is 28.0. The van der Waals surface area contributed by atoms with Gasteiger partial charge in [0, 0.05) is 45.6 Å². The van der Waals surface area contributed by atoms with Crippen molar-refractivity contribution in [2.45, 2.75) is 19.7 Å². The molecule has 6 rings (SSSR count). The van der Waals surface area contributed by atoms with E-state index in [1.54, 1.807) is 27.9 Å². The van der Waals surface area contributed by atoms with Crippen molar-refractivity contribution in [1.29, 1.82) is 0 Å². The molecular weight excluding hydrogens is 543 g/mol. The number of ether oxygens (including phenoxy) is 1. The lowest BCUT2D eigenvalue weighted by atomic mass is 9.98. The van der Waals surface area contributed by atoms with Crippen molar-refractivity contribution < 1.29 is 22.7 Å². The summed E-state index contributed by atoms with van der Waals surface area (Å²) < 4.78 is 48.1. The number of benzene rings is 1. The first-order valence-corrected chi connectivity index (χ1v) is 12.9. The summed E-state index contributed by atoms with van der Waals surface area (Å²) in [7, 11) is 0. The van der Waals surface area contributed by atoms with Crippen molar-refractivity contribution in [2.24, 2.45) is 0 Å². The first kappa shape index (κ1) is 25.5. The minimum atomic E-state index is -3.18. The lowest BCUT2D eigenvalue weighted by Crippen LogP contribution is -2.37. The Bertz CT molecular complexity index is 1790. The number of nitrogens with two attached hydrogens (primary N) is 1. The molecule has 0 saturated heterocycles. The van der Waals surface area contributed by atoms with Crippen LogP contribution in [0.5, 0.6) is 5.75 Å². The van der Waals surface area contributed by atoms with E-state index in [0.717, 1.165) is 6.07 Å². The van der Waals surface area contributed by atoms with Gasteiger partial charge in [-0.1, -0.05) is 6.58 Å². The number of aromatic nitrogens is 5. The van der Waals surface area contributed by atoms with Crippen LogP contribution < -0.4 is 10.5 Å². The molecule has 0 radical (unpaired) electrons. The number of carbonyl (C=O) groups excluding carboxylic acids is 1. The molecule has 5 aromatic rings. The van der Waals surface area contributed by atoms with Gasteiger partial charge in [0.15, 0.2) is 0 Å². The molecule has 2 N–H and O–H groups in total. The number of fused-ring (bicyclic) bond motifs is 2. The van der Waals surface area contributed by atoms with Gasteiger partial charge in [0.05, 0.1) is 18.8 Å². The zero-order valence-electron chi connectivity index (χ0n) is 20.7. The highest BCUT2D eigenvalue weighted by atomic mass is 32.1. The van der Waals surface area contributed by atoms with Crippen LogP contribution in [0.4, 0.5) is 19.0 Å². The van der Waals surface area contributed by atoms with Crippen molar-refractivity contribution in [1.82, 2.24) is 29.6 Å². The van der Waals surface area contributed by atoms with E-state index >= 15 is 0 Å². The number of hydrogen-bond donors (Lipinski definition) is 1. The molecule has 0 atom stereocenters.